The number of sulfonamides is 1. The molecule has 0 fully saturated rings. The molecule has 1 amide bonds. The predicted molar refractivity (Wildman–Crippen MR) is 156 cm³/mol. The maximum atomic E-state index is 13.2. The van der Waals surface area contributed by atoms with Gasteiger partial charge in [-0.2, -0.15) is 23.0 Å². The van der Waals surface area contributed by atoms with E-state index in [2.05, 4.69) is 30.4 Å². The largest absolute Gasteiger partial charge is 0.491 e. The molecule has 0 spiro atoms. The van der Waals surface area contributed by atoms with Crippen LogP contribution in [0.3, 0.4) is 0 Å². The lowest BCUT2D eigenvalue weighted by molar-refractivity contribution is -0.202. The van der Waals surface area contributed by atoms with Crippen molar-refractivity contribution >= 4 is 44.7 Å². The minimum absolute atomic E-state index is 0.104. The molecule has 0 saturated heterocycles. The zero-order chi connectivity index (χ0) is 32.9. The van der Waals surface area contributed by atoms with Crippen molar-refractivity contribution in [3.63, 3.8) is 0 Å². The van der Waals surface area contributed by atoms with E-state index in [1.165, 1.54) is 38.1 Å². The van der Waals surface area contributed by atoms with Gasteiger partial charge in [-0.05, 0) is 49.9 Å². The Balaban J connectivity index is 1.49. The molecule has 240 valence electrons. The summed E-state index contributed by atoms with van der Waals surface area (Å²) in [6, 6.07) is 7.20. The first-order valence-corrected chi connectivity index (χ1v) is 15.0. The second-order valence-electron chi connectivity index (χ2n) is 10.1. The van der Waals surface area contributed by atoms with Crippen molar-refractivity contribution in [2.24, 2.45) is 7.05 Å². The lowest BCUT2D eigenvalue weighted by Gasteiger charge is -2.19. The van der Waals surface area contributed by atoms with Gasteiger partial charge in [-0.3, -0.25) is 9.48 Å². The summed E-state index contributed by atoms with van der Waals surface area (Å²) in [6.07, 6.45) is -0.817. The lowest BCUT2D eigenvalue weighted by atomic mass is 10.1. The first kappa shape index (κ1) is 33.1. The number of aromatic amines is 1. The van der Waals surface area contributed by atoms with Gasteiger partial charge in [0.15, 0.2) is 5.95 Å². The Morgan fingerprint density at radius 2 is 1.82 bits per heavy atom. The summed E-state index contributed by atoms with van der Waals surface area (Å²) in [4.78, 5) is 43.8. The van der Waals surface area contributed by atoms with Gasteiger partial charge in [0.25, 0.3) is 5.91 Å². The third kappa shape index (κ3) is 8.04. The predicted octanol–water partition coefficient (Wildman–Crippen LogP) is 2.67. The van der Waals surface area contributed by atoms with Gasteiger partial charge < -0.3 is 20.4 Å². The second-order valence-corrected chi connectivity index (χ2v) is 11.7. The van der Waals surface area contributed by atoms with Crippen molar-refractivity contribution < 1.29 is 40.7 Å². The number of H-pyrrole nitrogens is 1. The fraction of sp³-hybridized carbons (Fsp3) is 0.321. The molecule has 0 saturated carbocycles. The molecule has 2 aromatic heterocycles. The van der Waals surface area contributed by atoms with E-state index >= 15 is 0 Å². The molecule has 4 rings (SSSR count). The average Bonchev–Trinajstić information content (AvgIpc) is 3.59. The van der Waals surface area contributed by atoms with Gasteiger partial charge in [0.1, 0.15) is 6.04 Å². The van der Waals surface area contributed by atoms with E-state index in [1.807, 2.05) is 4.72 Å². The van der Waals surface area contributed by atoms with Crippen LogP contribution >= 0.6 is 0 Å². The summed E-state index contributed by atoms with van der Waals surface area (Å²) in [5, 5.41) is 10.8. The molecule has 0 aliphatic carbocycles. The van der Waals surface area contributed by atoms with E-state index in [0.717, 1.165) is 17.5 Å². The molecule has 0 unspecified atom stereocenters. The number of rotatable bonds is 12. The van der Waals surface area contributed by atoms with E-state index in [0.29, 0.717) is 35.6 Å². The van der Waals surface area contributed by atoms with Crippen LogP contribution < -0.4 is 15.4 Å². The number of esters is 2. The number of hydrogen-bond acceptors (Lipinski definition) is 9. The Bertz CT molecular complexity index is 1800. The fourth-order valence-corrected chi connectivity index (χ4v) is 6.30. The zero-order valence-corrected chi connectivity index (χ0v) is 25.2. The number of hydrogen-bond donors (Lipinski definition) is 4. The number of anilines is 1. The van der Waals surface area contributed by atoms with Crippen LogP contribution in [0.1, 0.15) is 33.6 Å². The quantitative estimate of drug-likeness (QED) is 0.102. The highest BCUT2D eigenvalue weighted by molar-refractivity contribution is 7.89. The number of aromatic nitrogens is 4. The number of aryl methyl sites for hydroxylation is 4. The molecule has 45 heavy (non-hydrogen) atoms. The summed E-state index contributed by atoms with van der Waals surface area (Å²) in [5.41, 5.74) is 2.09. The van der Waals surface area contributed by atoms with Crippen LogP contribution in [0.2, 0.25) is 0 Å². The monoisotopic (exact) mass is 649 g/mol. The van der Waals surface area contributed by atoms with Gasteiger partial charge in [-0.25, -0.2) is 23.0 Å². The molecular weight excluding hydrogens is 619 g/mol. The topological polar surface area (TPSA) is 177 Å². The number of nitrogens with one attached hydrogen (secondary N) is 4. The number of amides is 1. The van der Waals surface area contributed by atoms with Crippen molar-refractivity contribution in [2.45, 2.75) is 43.8 Å². The number of benzene rings is 2. The van der Waals surface area contributed by atoms with E-state index in [4.69, 9.17) is 0 Å². The average molecular weight is 650 g/mol. The molecule has 0 aliphatic heterocycles. The van der Waals surface area contributed by atoms with Crippen LogP contribution in [-0.2, 0) is 37.8 Å². The number of carbonyl (C=O) groups is 3. The van der Waals surface area contributed by atoms with E-state index in [-0.39, 0.29) is 10.5 Å². The number of halogens is 3. The molecule has 4 N–H and O–H groups in total. The summed E-state index contributed by atoms with van der Waals surface area (Å²) in [7, 11) is -2.82. The third-order valence-corrected chi connectivity index (χ3v) is 8.50. The molecule has 0 bridgehead atoms. The highest BCUT2D eigenvalue weighted by Gasteiger charge is 2.44. The van der Waals surface area contributed by atoms with Crippen LogP contribution in [0.5, 0.6) is 0 Å². The number of carbonyl (C=O) groups excluding carboxylic acids is 3. The van der Waals surface area contributed by atoms with E-state index < -0.39 is 46.6 Å². The van der Waals surface area contributed by atoms with Gasteiger partial charge in [0, 0.05) is 43.5 Å². The van der Waals surface area contributed by atoms with Gasteiger partial charge in [-0.15, -0.1) is 0 Å². The lowest BCUT2D eigenvalue weighted by Crippen LogP contribution is -2.50. The van der Waals surface area contributed by atoms with Crippen LogP contribution in [0.15, 0.2) is 53.7 Å². The Kier molecular flexibility index (Phi) is 9.92. The molecule has 4 aromatic rings. The first-order valence-electron chi connectivity index (χ1n) is 13.6. The standard InChI is InChI=1S/C28H30F3N7O6S/c1-16-6-4-7-17(2)23(16)45(42,43)37-21(25(40)44-26(41)28(29,30)31)15-35-24(39)18-9-10-19-20(36-38(3)22(19)14-18)8-5-11-32-27-33-12-13-34-27/h4,6-7,9-10,12-14,21,37H,5,8,11,15H2,1-3H3,(H,35,39)(H2,32,33,34)/t21-/m0/s1. The SMILES string of the molecule is Cc1cccc(C)c1S(=O)(=O)N[C@@H](CNC(=O)c1ccc2c(CCCNc3ncc[nH]3)nn(C)c2c1)C(=O)OC(=O)C(F)(F)F. The van der Waals surface area contributed by atoms with Crippen LogP contribution in [-0.4, -0.2) is 71.3 Å². The van der Waals surface area contributed by atoms with Crippen LogP contribution in [0.25, 0.3) is 10.9 Å². The highest BCUT2D eigenvalue weighted by Crippen LogP contribution is 2.22. The third-order valence-electron chi connectivity index (χ3n) is 6.72. The first-order chi connectivity index (χ1) is 21.2. The summed E-state index contributed by atoms with van der Waals surface area (Å²) in [5.74, 6) is -4.80. The van der Waals surface area contributed by atoms with Crippen molar-refractivity contribution in [1.29, 1.82) is 0 Å². The molecule has 0 radical (unpaired) electrons. The Labute approximate surface area is 255 Å². The van der Waals surface area contributed by atoms with Gasteiger partial charge in [0.05, 0.1) is 16.1 Å². The summed E-state index contributed by atoms with van der Waals surface area (Å²) < 4.78 is 72.1. The Morgan fingerprint density at radius 1 is 1.11 bits per heavy atom. The van der Waals surface area contributed by atoms with Gasteiger partial charge >= 0.3 is 18.1 Å². The van der Waals surface area contributed by atoms with E-state index in [9.17, 15) is 36.0 Å². The number of nitrogens with zero attached hydrogens (tertiary/aromatic N) is 3. The maximum absolute atomic E-state index is 13.2. The van der Waals surface area contributed by atoms with Gasteiger partial charge in [-0.1, -0.05) is 24.3 Å². The smallest absolute Gasteiger partial charge is 0.385 e. The normalized spacial score (nSPS) is 12.6. The molecular formula is C28H30F3N7O6S. The molecule has 13 nitrogen and oxygen atoms in total. The number of fused-ring (bicyclic) bond motifs is 1. The molecule has 2 heterocycles. The van der Waals surface area contributed by atoms with Crippen molar-refractivity contribution in [3.05, 3.63) is 71.2 Å². The van der Waals surface area contributed by atoms with Crippen molar-refractivity contribution in [3.8, 4) is 0 Å². The Hall–Kier alpha value is -4.77. The van der Waals surface area contributed by atoms with Crippen LogP contribution in [0, 0.1) is 13.8 Å². The minimum atomic E-state index is -5.51. The highest BCUT2D eigenvalue weighted by atomic mass is 32.2. The maximum Gasteiger partial charge on any atom is 0.491 e. The summed E-state index contributed by atoms with van der Waals surface area (Å²) >= 11 is 0. The Morgan fingerprint density at radius 3 is 2.47 bits per heavy atom. The number of ether oxygens (including phenoxy) is 1. The minimum Gasteiger partial charge on any atom is -0.385 e. The van der Waals surface area contributed by atoms with Crippen LogP contribution in [0.4, 0.5) is 19.1 Å². The van der Waals surface area contributed by atoms with E-state index in [1.54, 1.807) is 36.3 Å². The molecule has 17 heteroatoms. The van der Waals surface area contributed by atoms with Gasteiger partial charge in [0.2, 0.25) is 10.0 Å². The number of alkyl halides is 3. The molecule has 0 aliphatic rings. The molecule has 2 aromatic carbocycles. The zero-order valence-electron chi connectivity index (χ0n) is 24.4. The molecule has 1 atom stereocenters. The van der Waals surface area contributed by atoms with Crippen molar-refractivity contribution in [1.82, 2.24) is 29.8 Å². The fourth-order valence-electron chi connectivity index (χ4n) is 4.64. The number of imidazole rings is 1. The second kappa shape index (κ2) is 13.5. The van der Waals surface area contributed by atoms with Crippen molar-refractivity contribution in [2.75, 3.05) is 18.4 Å². The summed E-state index contributed by atoms with van der Waals surface area (Å²) in [6.45, 7) is 2.78.